The van der Waals surface area contributed by atoms with E-state index >= 15 is 0 Å². The molecule has 0 saturated heterocycles. The van der Waals surface area contributed by atoms with Crippen molar-refractivity contribution in [3.8, 4) is 0 Å². The molecule has 0 fully saturated rings. The van der Waals surface area contributed by atoms with E-state index in [2.05, 4.69) is 0 Å². The second kappa shape index (κ2) is 149. The van der Waals surface area contributed by atoms with Crippen LogP contribution in [-0.2, 0) is 58.6 Å². The Bertz CT molecular complexity index is 17.8. The Labute approximate surface area is 112 Å². The van der Waals surface area contributed by atoms with Crippen molar-refractivity contribution in [3.05, 3.63) is 0 Å². The molecule has 0 amide bonds. The van der Waals surface area contributed by atoms with Crippen LogP contribution in [0.15, 0.2) is 0 Å². The van der Waals surface area contributed by atoms with E-state index in [1.807, 2.05) is 0 Å². The summed E-state index contributed by atoms with van der Waals surface area (Å²) in [5, 5.41) is 0. The van der Waals surface area contributed by atoms with Gasteiger partial charge in [-0.3, -0.25) is 0 Å². The van der Waals surface area contributed by atoms with Crippen molar-refractivity contribution in [1.29, 1.82) is 0 Å². The number of hydrogen-bond acceptors (Lipinski definition) is 0. The van der Waals surface area contributed by atoms with Gasteiger partial charge in [0.25, 0.3) is 0 Å². The first-order valence-electron chi connectivity index (χ1n) is 0. The van der Waals surface area contributed by atoms with Gasteiger partial charge in [-0.25, -0.2) is 0 Å². The molecule has 0 rings (SSSR count). The fourth-order valence-electron chi connectivity index (χ4n) is 0. The molecule has 0 saturated carbocycles. The zero-order valence-corrected chi connectivity index (χ0v) is 12.4. The van der Waals surface area contributed by atoms with E-state index in [4.69, 9.17) is 0 Å². The summed E-state index contributed by atoms with van der Waals surface area (Å²) in [4.78, 5) is 0. The van der Waals surface area contributed by atoms with Crippen LogP contribution in [0.1, 0.15) is 14.9 Å². The monoisotopic (exact) mass is 608 g/mol. The van der Waals surface area contributed by atoms with E-state index in [1.54, 1.807) is 0 Å². The summed E-state index contributed by atoms with van der Waals surface area (Å²) in [6.07, 6.45) is 0. The van der Waals surface area contributed by atoms with Gasteiger partial charge in [-0.15, -0.1) is 0 Å². The summed E-state index contributed by atoms with van der Waals surface area (Å²) in [6, 6.07) is 0. The quantitative estimate of drug-likeness (QED) is 0.351. The number of hydrogen-bond donors (Lipinski definition) is 0. The third-order valence-corrected chi connectivity index (χ3v) is 0. The molecule has 0 aromatic carbocycles. The minimum atomic E-state index is 0. The maximum absolute atomic E-state index is 0. The summed E-state index contributed by atoms with van der Waals surface area (Å²) in [7, 11) is 0. The SMILES string of the molecule is C.C.[Ga+3].[Ga+3].[O-2].[O-2].[O-2].[Pt].[Pt]. The van der Waals surface area contributed by atoms with Crippen LogP contribution in [0, 0.1) is 0 Å². The van der Waals surface area contributed by atoms with Gasteiger partial charge in [0, 0.05) is 42.1 Å². The Kier molecular flexibility index (Phi) is 3320. The molecule has 0 spiro atoms. The van der Waals surface area contributed by atoms with Gasteiger partial charge in [-0.2, -0.15) is 0 Å². The molecule has 7 heteroatoms. The fraction of sp³-hybridized carbons (Fsp3) is 1.00. The maximum atomic E-state index is 0. The van der Waals surface area contributed by atoms with Crippen LogP contribution in [0.5, 0.6) is 0 Å². The zero-order chi connectivity index (χ0) is 0. The minimum absolute atomic E-state index is 0. The summed E-state index contributed by atoms with van der Waals surface area (Å²) in [6.45, 7) is 0. The van der Waals surface area contributed by atoms with Gasteiger partial charge in [-0.1, -0.05) is 14.9 Å². The first-order chi connectivity index (χ1) is 0. The van der Waals surface area contributed by atoms with Crippen molar-refractivity contribution in [3.63, 3.8) is 0 Å². The average Bonchev–Trinajstić information content (AvgIpc) is 0. The van der Waals surface area contributed by atoms with Crippen molar-refractivity contribution in [2.24, 2.45) is 0 Å². The van der Waals surface area contributed by atoms with Gasteiger partial charge < -0.3 is 16.4 Å². The Morgan fingerprint density at radius 1 is 0.444 bits per heavy atom. The molecule has 60 valence electrons. The Hall–Kier alpha value is 2.53. The van der Waals surface area contributed by atoms with E-state index in [9.17, 15) is 0 Å². The predicted octanol–water partition coefficient (Wildman–Crippen LogP) is 0.149. The normalized spacial score (nSPS) is 0. The minimum Gasteiger partial charge on any atom is -2.00 e. The van der Waals surface area contributed by atoms with Crippen molar-refractivity contribution < 1.29 is 58.6 Å². The first kappa shape index (κ1) is 200. The largest absolute Gasteiger partial charge is 3.00 e. The second-order valence-electron chi connectivity index (χ2n) is 0. The van der Waals surface area contributed by atoms with E-state index < -0.39 is 0 Å². The fourth-order valence-corrected chi connectivity index (χ4v) is 0. The molecule has 0 aliphatic rings. The van der Waals surface area contributed by atoms with Crippen molar-refractivity contribution in [1.82, 2.24) is 0 Å². The van der Waals surface area contributed by atoms with Crippen LogP contribution in [0.2, 0.25) is 0 Å². The Morgan fingerprint density at radius 2 is 0.444 bits per heavy atom. The van der Waals surface area contributed by atoms with Crippen LogP contribution < -0.4 is 0 Å². The molecule has 0 bridgehead atoms. The molecule has 0 aromatic rings. The summed E-state index contributed by atoms with van der Waals surface area (Å²) in [5.41, 5.74) is 0. The second-order valence-corrected chi connectivity index (χ2v) is 0. The van der Waals surface area contributed by atoms with Crippen molar-refractivity contribution >= 4 is 39.6 Å². The van der Waals surface area contributed by atoms with Crippen LogP contribution in [0.25, 0.3) is 0 Å². The van der Waals surface area contributed by atoms with Gasteiger partial charge in [0.2, 0.25) is 0 Å². The Balaban J connectivity index is 0. The van der Waals surface area contributed by atoms with Gasteiger partial charge in [-0.05, 0) is 0 Å². The van der Waals surface area contributed by atoms with Crippen LogP contribution in [-0.4, -0.2) is 39.6 Å². The number of rotatable bonds is 0. The maximum Gasteiger partial charge on any atom is 3.00 e. The third kappa shape index (κ3) is 120. The summed E-state index contributed by atoms with van der Waals surface area (Å²) < 4.78 is 0. The van der Waals surface area contributed by atoms with E-state index in [0.717, 1.165) is 0 Å². The molecule has 9 heavy (non-hydrogen) atoms. The average molecular weight is 610 g/mol. The molecular formula is C2H8Ga2O3Pt2. The standard InChI is InChI=1S/2CH4.2Ga.3O.2Pt/h2*1H4;;;;;;;/q;;2*+3;3*-2;;. The van der Waals surface area contributed by atoms with E-state index in [-0.39, 0.29) is 113 Å². The summed E-state index contributed by atoms with van der Waals surface area (Å²) >= 11 is 0. The molecule has 0 N–H and O–H groups in total. The van der Waals surface area contributed by atoms with Gasteiger partial charge >= 0.3 is 39.6 Å². The molecule has 0 atom stereocenters. The smallest absolute Gasteiger partial charge is 2.00 e. The topological polar surface area (TPSA) is 85.5 Å². The van der Waals surface area contributed by atoms with Gasteiger partial charge in [0.1, 0.15) is 0 Å². The van der Waals surface area contributed by atoms with Gasteiger partial charge in [0.15, 0.2) is 0 Å². The molecule has 0 unspecified atom stereocenters. The predicted molar refractivity (Wildman–Crippen MR) is 27.0 cm³/mol. The van der Waals surface area contributed by atoms with Crippen molar-refractivity contribution in [2.75, 3.05) is 0 Å². The first-order valence-corrected chi connectivity index (χ1v) is 0. The molecule has 0 aliphatic heterocycles. The molecule has 0 aromatic heterocycles. The molecule has 0 heterocycles. The van der Waals surface area contributed by atoms with E-state index in [1.165, 1.54) is 0 Å². The van der Waals surface area contributed by atoms with Gasteiger partial charge in [0.05, 0.1) is 0 Å². The van der Waals surface area contributed by atoms with Crippen LogP contribution in [0.4, 0.5) is 0 Å². The molecule has 3 nitrogen and oxygen atoms in total. The summed E-state index contributed by atoms with van der Waals surface area (Å²) in [5.74, 6) is 0. The zero-order valence-electron chi connectivity index (χ0n) is 3.01. The van der Waals surface area contributed by atoms with E-state index in [0.29, 0.717) is 0 Å². The molecule has 0 radical (unpaired) electrons. The van der Waals surface area contributed by atoms with Crippen LogP contribution in [0.3, 0.4) is 0 Å². The molecule has 0 aliphatic carbocycles. The van der Waals surface area contributed by atoms with Crippen molar-refractivity contribution in [2.45, 2.75) is 14.9 Å². The van der Waals surface area contributed by atoms with Crippen LogP contribution >= 0.6 is 0 Å². The molecular weight excluding hydrogens is 602 g/mol. The third-order valence-electron chi connectivity index (χ3n) is 0. The Morgan fingerprint density at radius 3 is 0.444 bits per heavy atom.